The van der Waals surface area contributed by atoms with Crippen molar-refractivity contribution in [1.82, 2.24) is 0 Å². The molecule has 0 aliphatic heterocycles. The summed E-state index contributed by atoms with van der Waals surface area (Å²) < 4.78 is 5.33. The molecule has 0 aromatic rings. The van der Waals surface area contributed by atoms with Crippen molar-refractivity contribution in [1.29, 1.82) is 5.26 Å². The van der Waals surface area contributed by atoms with Gasteiger partial charge in [-0.1, -0.05) is 0 Å². The first kappa shape index (κ1) is 10.6. The van der Waals surface area contributed by atoms with Crippen LogP contribution in [0.2, 0.25) is 0 Å². The Kier molecular flexibility index (Phi) is 2.90. The molecular weight excluding hydrogens is 198 g/mol. The van der Waals surface area contributed by atoms with Gasteiger partial charge in [-0.15, -0.1) is 0 Å². The lowest BCUT2D eigenvalue weighted by Gasteiger charge is -2.54. The standard InChI is InChI=1S/C14H21NO/c15-2-4-16-3-1-14-12-6-10-5-11(8-12)9-13(14)7-10/h10-14H,1,3-9H2. The molecule has 0 unspecified atom stereocenters. The van der Waals surface area contributed by atoms with E-state index < -0.39 is 0 Å². The number of nitriles is 1. The van der Waals surface area contributed by atoms with Crippen LogP contribution < -0.4 is 0 Å². The van der Waals surface area contributed by atoms with E-state index in [0.717, 1.165) is 36.2 Å². The maximum absolute atomic E-state index is 8.43. The van der Waals surface area contributed by atoms with Crippen LogP contribution in [-0.2, 0) is 4.74 Å². The molecule has 4 aliphatic rings. The van der Waals surface area contributed by atoms with Gasteiger partial charge in [0, 0.05) is 6.61 Å². The SMILES string of the molecule is N#CCOCCC1C2CC3CC(C2)CC1C3. The monoisotopic (exact) mass is 219 g/mol. The van der Waals surface area contributed by atoms with Gasteiger partial charge in [0.05, 0.1) is 6.07 Å². The highest BCUT2D eigenvalue weighted by Crippen LogP contribution is 2.57. The van der Waals surface area contributed by atoms with Crippen molar-refractivity contribution in [2.45, 2.75) is 38.5 Å². The van der Waals surface area contributed by atoms with Gasteiger partial charge in [0.15, 0.2) is 0 Å². The summed E-state index contributed by atoms with van der Waals surface area (Å²) in [5, 5.41) is 8.43. The Bertz CT molecular complexity index is 266. The van der Waals surface area contributed by atoms with Crippen LogP contribution in [0.25, 0.3) is 0 Å². The summed E-state index contributed by atoms with van der Waals surface area (Å²) in [6, 6.07) is 2.05. The summed E-state index contributed by atoms with van der Waals surface area (Å²) in [7, 11) is 0. The normalized spacial score (nSPS) is 44.6. The Morgan fingerprint density at radius 1 is 1.00 bits per heavy atom. The summed E-state index contributed by atoms with van der Waals surface area (Å²) in [5.41, 5.74) is 0. The van der Waals surface area contributed by atoms with E-state index in [2.05, 4.69) is 0 Å². The highest BCUT2D eigenvalue weighted by atomic mass is 16.5. The van der Waals surface area contributed by atoms with Crippen LogP contribution in [0.4, 0.5) is 0 Å². The maximum atomic E-state index is 8.43. The molecule has 0 amide bonds. The van der Waals surface area contributed by atoms with Crippen molar-refractivity contribution in [2.75, 3.05) is 13.2 Å². The summed E-state index contributed by atoms with van der Waals surface area (Å²) in [5.74, 6) is 5.06. The molecule has 0 radical (unpaired) electrons. The lowest BCUT2D eigenvalue weighted by Crippen LogP contribution is -2.45. The molecule has 0 saturated heterocycles. The molecule has 0 aromatic heterocycles. The van der Waals surface area contributed by atoms with Crippen LogP contribution in [0.5, 0.6) is 0 Å². The van der Waals surface area contributed by atoms with Gasteiger partial charge >= 0.3 is 0 Å². The van der Waals surface area contributed by atoms with Gasteiger partial charge in [0.25, 0.3) is 0 Å². The quantitative estimate of drug-likeness (QED) is 0.681. The number of rotatable bonds is 4. The average Bonchev–Trinajstić information content (AvgIpc) is 2.26. The number of hydrogen-bond acceptors (Lipinski definition) is 2. The van der Waals surface area contributed by atoms with Gasteiger partial charge < -0.3 is 4.74 Å². The molecule has 2 nitrogen and oxygen atoms in total. The Balaban J connectivity index is 1.54. The molecule has 4 saturated carbocycles. The minimum absolute atomic E-state index is 0.271. The van der Waals surface area contributed by atoms with Gasteiger partial charge in [-0.2, -0.15) is 5.26 Å². The average molecular weight is 219 g/mol. The van der Waals surface area contributed by atoms with E-state index in [1.165, 1.54) is 38.5 Å². The van der Waals surface area contributed by atoms with Crippen molar-refractivity contribution < 1.29 is 4.74 Å². The molecule has 0 aromatic carbocycles. The Morgan fingerprint density at radius 3 is 2.19 bits per heavy atom. The lowest BCUT2D eigenvalue weighted by atomic mass is 9.51. The van der Waals surface area contributed by atoms with Crippen molar-refractivity contribution in [3.8, 4) is 6.07 Å². The molecule has 0 N–H and O–H groups in total. The van der Waals surface area contributed by atoms with E-state index in [0.29, 0.717) is 0 Å². The second kappa shape index (κ2) is 4.37. The Hall–Kier alpha value is -0.550. The molecule has 0 atom stereocenters. The first-order chi connectivity index (χ1) is 7.86. The van der Waals surface area contributed by atoms with Crippen LogP contribution in [-0.4, -0.2) is 13.2 Å². The molecule has 0 heterocycles. The van der Waals surface area contributed by atoms with E-state index in [-0.39, 0.29) is 6.61 Å². The summed E-state index contributed by atoms with van der Waals surface area (Å²) in [6.07, 6.45) is 8.72. The largest absolute Gasteiger partial charge is 0.367 e. The smallest absolute Gasteiger partial charge is 0.133 e. The van der Waals surface area contributed by atoms with Gasteiger partial charge in [-0.25, -0.2) is 0 Å². The van der Waals surface area contributed by atoms with Crippen molar-refractivity contribution in [2.24, 2.45) is 29.6 Å². The molecule has 4 fully saturated rings. The fourth-order valence-electron chi connectivity index (χ4n) is 4.85. The molecule has 16 heavy (non-hydrogen) atoms. The van der Waals surface area contributed by atoms with Crippen molar-refractivity contribution >= 4 is 0 Å². The van der Waals surface area contributed by atoms with Crippen molar-refractivity contribution in [3.05, 3.63) is 0 Å². The minimum atomic E-state index is 0.271. The van der Waals surface area contributed by atoms with Gasteiger partial charge in [0.1, 0.15) is 6.61 Å². The molecular formula is C14H21NO. The van der Waals surface area contributed by atoms with E-state index in [9.17, 15) is 0 Å². The third-order valence-corrected chi connectivity index (χ3v) is 5.18. The highest BCUT2D eigenvalue weighted by Gasteiger charge is 2.47. The van der Waals surface area contributed by atoms with Gasteiger partial charge in [-0.05, 0) is 68.1 Å². The third kappa shape index (κ3) is 1.86. The summed E-state index contributed by atoms with van der Waals surface area (Å²) >= 11 is 0. The van der Waals surface area contributed by atoms with Gasteiger partial charge in [0.2, 0.25) is 0 Å². The first-order valence-electron chi connectivity index (χ1n) is 6.81. The highest BCUT2D eigenvalue weighted by molar-refractivity contribution is 4.97. The lowest BCUT2D eigenvalue weighted by molar-refractivity contribution is -0.0479. The number of ether oxygens (including phenoxy) is 1. The fraction of sp³-hybridized carbons (Fsp3) is 0.929. The van der Waals surface area contributed by atoms with Crippen LogP contribution in [0.3, 0.4) is 0 Å². The Labute approximate surface area is 98.0 Å². The molecule has 4 rings (SSSR count). The zero-order valence-corrected chi connectivity index (χ0v) is 9.90. The first-order valence-corrected chi connectivity index (χ1v) is 6.81. The van der Waals surface area contributed by atoms with Crippen LogP contribution >= 0.6 is 0 Å². The van der Waals surface area contributed by atoms with E-state index in [4.69, 9.17) is 10.00 Å². The zero-order valence-electron chi connectivity index (χ0n) is 9.90. The van der Waals surface area contributed by atoms with Gasteiger partial charge in [-0.3, -0.25) is 0 Å². The fourth-order valence-corrected chi connectivity index (χ4v) is 4.85. The Morgan fingerprint density at radius 2 is 1.62 bits per heavy atom. The summed E-state index contributed by atoms with van der Waals surface area (Å²) in [6.45, 7) is 1.08. The molecule has 2 heteroatoms. The topological polar surface area (TPSA) is 33.0 Å². The maximum Gasteiger partial charge on any atom is 0.133 e. The predicted octanol–water partition coefficient (Wildman–Crippen LogP) is 2.99. The third-order valence-electron chi connectivity index (χ3n) is 5.18. The van der Waals surface area contributed by atoms with Crippen LogP contribution in [0.1, 0.15) is 38.5 Å². The number of nitrogens with zero attached hydrogens (tertiary/aromatic N) is 1. The molecule has 4 bridgehead atoms. The van der Waals surface area contributed by atoms with E-state index >= 15 is 0 Å². The zero-order chi connectivity index (χ0) is 11.0. The van der Waals surface area contributed by atoms with E-state index in [1.807, 2.05) is 6.07 Å². The number of hydrogen-bond donors (Lipinski definition) is 0. The second-order valence-corrected chi connectivity index (χ2v) is 6.09. The van der Waals surface area contributed by atoms with E-state index in [1.54, 1.807) is 0 Å². The molecule has 0 spiro atoms. The molecule has 4 aliphatic carbocycles. The predicted molar refractivity (Wildman–Crippen MR) is 61.6 cm³/mol. The van der Waals surface area contributed by atoms with Crippen molar-refractivity contribution in [3.63, 3.8) is 0 Å². The summed E-state index contributed by atoms with van der Waals surface area (Å²) in [4.78, 5) is 0. The van der Waals surface area contributed by atoms with Crippen LogP contribution in [0, 0.1) is 40.9 Å². The second-order valence-electron chi connectivity index (χ2n) is 6.09. The minimum Gasteiger partial charge on any atom is -0.367 e. The van der Waals surface area contributed by atoms with Crippen LogP contribution in [0.15, 0.2) is 0 Å². The molecule has 88 valence electrons.